The predicted molar refractivity (Wildman–Crippen MR) is 80.2 cm³/mol. The largest absolute Gasteiger partial charge is 0.466 e. The quantitative estimate of drug-likeness (QED) is 0.394. The fourth-order valence-corrected chi connectivity index (χ4v) is 2.24. The molecule has 1 aliphatic rings. The van der Waals surface area contributed by atoms with Crippen molar-refractivity contribution in [3.8, 4) is 0 Å². The summed E-state index contributed by atoms with van der Waals surface area (Å²) in [5.74, 6) is -1.58. The van der Waals surface area contributed by atoms with Crippen LogP contribution in [-0.2, 0) is 28.7 Å². The van der Waals surface area contributed by atoms with E-state index in [1.54, 1.807) is 4.90 Å². The third kappa shape index (κ3) is 6.50. The van der Waals surface area contributed by atoms with Gasteiger partial charge in [-0.1, -0.05) is 0 Å². The van der Waals surface area contributed by atoms with Gasteiger partial charge in [0.05, 0.1) is 13.7 Å². The first-order chi connectivity index (χ1) is 11.0. The van der Waals surface area contributed by atoms with Gasteiger partial charge in [0.2, 0.25) is 11.8 Å². The van der Waals surface area contributed by atoms with Gasteiger partial charge < -0.3 is 19.7 Å². The zero-order valence-electron chi connectivity index (χ0n) is 13.4. The van der Waals surface area contributed by atoms with Crippen LogP contribution in [0, 0.1) is 0 Å². The van der Waals surface area contributed by atoms with Crippen molar-refractivity contribution >= 4 is 23.8 Å². The summed E-state index contributed by atoms with van der Waals surface area (Å²) < 4.78 is 9.19. The Morgan fingerprint density at radius 1 is 1.22 bits per heavy atom. The Kier molecular flexibility index (Phi) is 7.79. The molecular formula is C15H22N2O6. The molecule has 0 aliphatic carbocycles. The number of hydrogen-bond acceptors (Lipinski definition) is 6. The highest BCUT2D eigenvalue weighted by Gasteiger charge is 2.31. The van der Waals surface area contributed by atoms with Crippen LogP contribution >= 0.6 is 0 Å². The number of amides is 2. The lowest BCUT2D eigenvalue weighted by Crippen LogP contribution is -2.45. The maximum absolute atomic E-state index is 12.0. The highest BCUT2D eigenvalue weighted by atomic mass is 16.5. The van der Waals surface area contributed by atoms with Gasteiger partial charge in [-0.2, -0.15) is 0 Å². The van der Waals surface area contributed by atoms with Crippen LogP contribution < -0.4 is 5.32 Å². The van der Waals surface area contributed by atoms with Crippen molar-refractivity contribution in [3.63, 3.8) is 0 Å². The van der Waals surface area contributed by atoms with E-state index in [-0.39, 0.29) is 18.4 Å². The van der Waals surface area contributed by atoms with Gasteiger partial charge in [0, 0.05) is 32.2 Å². The van der Waals surface area contributed by atoms with E-state index in [4.69, 9.17) is 4.74 Å². The summed E-state index contributed by atoms with van der Waals surface area (Å²) in [4.78, 5) is 47.0. The SMILES string of the molecule is COC(=O)/C=C/C(=O)OCCCNC(=O)[C@@H]1CCCN1C(C)=O. The van der Waals surface area contributed by atoms with Crippen molar-refractivity contribution in [2.24, 2.45) is 0 Å². The predicted octanol–water partition coefficient (Wildman–Crippen LogP) is -0.224. The molecule has 2 amide bonds. The smallest absolute Gasteiger partial charge is 0.331 e. The number of likely N-dealkylation sites (tertiary alicyclic amines) is 1. The van der Waals surface area contributed by atoms with Gasteiger partial charge in [-0.05, 0) is 19.3 Å². The van der Waals surface area contributed by atoms with Crippen molar-refractivity contribution in [2.75, 3.05) is 26.8 Å². The minimum absolute atomic E-state index is 0.103. The monoisotopic (exact) mass is 326 g/mol. The second kappa shape index (κ2) is 9.60. The van der Waals surface area contributed by atoms with Crippen molar-refractivity contribution in [2.45, 2.75) is 32.2 Å². The number of nitrogens with zero attached hydrogens (tertiary/aromatic N) is 1. The summed E-state index contributed by atoms with van der Waals surface area (Å²) in [6.07, 6.45) is 3.88. The Bertz CT molecular complexity index is 488. The molecule has 8 heteroatoms. The molecule has 1 saturated heterocycles. The second-order valence-corrected chi connectivity index (χ2v) is 5.04. The number of carbonyl (C=O) groups excluding carboxylic acids is 4. The molecule has 0 saturated carbocycles. The van der Waals surface area contributed by atoms with Crippen LogP contribution in [0.2, 0.25) is 0 Å². The van der Waals surface area contributed by atoms with E-state index < -0.39 is 18.0 Å². The zero-order chi connectivity index (χ0) is 17.2. The van der Waals surface area contributed by atoms with Crippen LogP contribution in [0.5, 0.6) is 0 Å². The maximum atomic E-state index is 12.0. The van der Waals surface area contributed by atoms with E-state index in [9.17, 15) is 19.2 Å². The summed E-state index contributed by atoms with van der Waals surface area (Å²) in [5, 5.41) is 2.73. The molecule has 1 heterocycles. The molecule has 23 heavy (non-hydrogen) atoms. The number of methoxy groups -OCH3 is 1. The third-order valence-electron chi connectivity index (χ3n) is 3.38. The fourth-order valence-electron chi connectivity index (χ4n) is 2.24. The van der Waals surface area contributed by atoms with Gasteiger partial charge in [0.15, 0.2) is 0 Å². The number of rotatable bonds is 7. The molecule has 0 bridgehead atoms. The topological polar surface area (TPSA) is 102 Å². The molecule has 0 unspecified atom stereocenters. The molecule has 1 fully saturated rings. The Hall–Kier alpha value is -2.38. The molecular weight excluding hydrogens is 304 g/mol. The van der Waals surface area contributed by atoms with Gasteiger partial charge in [0.1, 0.15) is 6.04 Å². The van der Waals surface area contributed by atoms with Crippen LogP contribution in [0.4, 0.5) is 0 Å². The highest BCUT2D eigenvalue weighted by Crippen LogP contribution is 2.17. The summed E-state index contributed by atoms with van der Waals surface area (Å²) >= 11 is 0. The van der Waals surface area contributed by atoms with E-state index in [0.717, 1.165) is 18.6 Å². The molecule has 128 valence electrons. The molecule has 0 radical (unpaired) electrons. The lowest BCUT2D eigenvalue weighted by Gasteiger charge is -2.22. The van der Waals surface area contributed by atoms with Gasteiger partial charge in [-0.3, -0.25) is 9.59 Å². The Morgan fingerprint density at radius 2 is 1.91 bits per heavy atom. The lowest BCUT2D eigenvalue weighted by molar-refractivity contribution is -0.139. The first kappa shape index (κ1) is 18.7. The Labute approximate surface area is 134 Å². The normalized spacial score (nSPS) is 17.1. The van der Waals surface area contributed by atoms with Gasteiger partial charge in [0.25, 0.3) is 0 Å². The number of hydrogen-bond donors (Lipinski definition) is 1. The van der Waals surface area contributed by atoms with Crippen molar-refractivity contribution in [3.05, 3.63) is 12.2 Å². The Balaban J connectivity index is 2.18. The first-order valence-corrected chi connectivity index (χ1v) is 7.43. The number of carbonyl (C=O) groups is 4. The molecule has 1 N–H and O–H groups in total. The number of esters is 2. The molecule has 0 aromatic rings. The van der Waals surface area contributed by atoms with E-state index >= 15 is 0 Å². The molecule has 8 nitrogen and oxygen atoms in total. The number of nitrogens with one attached hydrogen (secondary N) is 1. The van der Waals surface area contributed by atoms with Crippen LogP contribution in [-0.4, -0.2) is 61.5 Å². The summed E-state index contributed by atoms with van der Waals surface area (Å²) in [5.41, 5.74) is 0. The van der Waals surface area contributed by atoms with E-state index in [2.05, 4.69) is 10.1 Å². The summed E-state index contributed by atoms with van der Waals surface area (Å²) in [6.45, 7) is 2.52. The van der Waals surface area contributed by atoms with Crippen molar-refractivity contribution < 1.29 is 28.7 Å². The Morgan fingerprint density at radius 3 is 2.57 bits per heavy atom. The van der Waals surface area contributed by atoms with Crippen LogP contribution in [0.25, 0.3) is 0 Å². The van der Waals surface area contributed by atoms with Crippen LogP contribution in [0.15, 0.2) is 12.2 Å². The third-order valence-corrected chi connectivity index (χ3v) is 3.38. The van der Waals surface area contributed by atoms with Gasteiger partial charge >= 0.3 is 11.9 Å². The highest BCUT2D eigenvalue weighted by molar-refractivity contribution is 5.91. The minimum atomic E-state index is -0.653. The average molecular weight is 326 g/mol. The standard InChI is InChI=1S/C15H22N2O6/c1-11(18)17-9-3-5-12(17)15(21)16-8-4-10-23-14(20)7-6-13(19)22-2/h6-7,12H,3-5,8-10H2,1-2H3,(H,16,21)/b7-6+/t12-/m0/s1. The van der Waals surface area contributed by atoms with Crippen LogP contribution in [0.3, 0.4) is 0 Å². The van der Waals surface area contributed by atoms with Crippen molar-refractivity contribution in [1.82, 2.24) is 10.2 Å². The van der Waals surface area contributed by atoms with Gasteiger partial charge in [-0.15, -0.1) is 0 Å². The van der Waals surface area contributed by atoms with Crippen LogP contribution in [0.1, 0.15) is 26.2 Å². The average Bonchev–Trinajstić information content (AvgIpc) is 3.01. The molecule has 0 spiro atoms. The molecule has 1 atom stereocenters. The molecule has 0 aromatic heterocycles. The molecule has 1 rings (SSSR count). The molecule has 0 aromatic carbocycles. The second-order valence-electron chi connectivity index (χ2n) is 5.04. The van der Waals surface area contributed by atoms with E-state index in [0.29, 0.717) is 25.9 Å². The number of ether oxygens (including phenoxy) is 2. The first-order valence-electron chi connectivity index (χ1n) is 7.43. The van der Waals surface area contributed by atoms with Crippen molar-refractivity contribution in [1.29, 1.82) is 0 Å². The fraction of sp³-hybridized carbons (Fsp3) is 0.600. The maximum Gasteiger partial charge on any atom is 0.331 e. The summed E-state index contributed by atoms with van der Waals surface area (Å²) in [6, 6.07) is -0.405. The minimum Gasteiger partial charge on any atom is -0.466 e. The summed E-state index contributed by atoms with van der Waals surface area (Å²) in [7, 11) is 1.21. The lowest BCUT2D eigenvalue weighted by atomic mass is 10.2. The van der Waals surface area contributed by atoms with E-state index in [1.807, 2.05) is 0 Å². The van der Waals surface area contributed by atoms with E-state index in [1.165, 1.54) is 14.0 Å². The molecule has 1 aliphatic heterocycles. The zero-order valence-corrected chi connectivity index (χ0v) is 13.4. The van der Waals surface area contributed by atoms with Gasteiger partial charge in [-0.25, -0.2) is 9.59 Å².